The van der Waals surface area contributed by atoms with E-state index in [1.54, 1.807) is 6.20 Å². The molecule has 1 N–H and O–H groups in total. The Balaban J connectivity index is 1.76. The molecule has 0 radical (unpaired) electrons. The van der Waals surface area contributed by atoms with Gasteiger partial charge in [0.1, 0.15) is 5.82 Å². The molecule has 1 saturated heterocycles. The van der Waals surface area contributed by atoms with E-state index in [0.717, 1.165) is 30.4 Å². The van der Waals surface area contributed by atoms with Gasteiger partial charge in [-0.25, -0.2) is 9.97 Å². The van der Waals surface area contributed by atoms with Crippen LogP contribution < -0.4 is 5.32 Å². The lowest BCUT2D eigenvalue weighted by Crippen LogP contribution is -2.36. The van der Waals surface area contributed by atoms with Crippen LogP contribution in [-0.2, 0) is 0 Å². The molecule has 0 bridgehead atoms. The summed E-state index contributed by atoms with van der Waals surface area (Å²) in [6.45, 7) is 8.72. The number of hydrogen-bond donors (Lipinski definition) is 1. The molecule has 1 aromatic heterocycles. The van der Waals surface area contributed by atoms with E-state index < -0.39 is 0 Å². The van der Waals surface area contributed by atoms with Gasteiger partial charge >= 0.3 is 0 Å². The van der Waals surface area contributed by atoms with Crippen LogP contribution in [0.2, 0.25) is 5.28 Å². The van der Waals surface area contributed by atoms with E-state index in [1.165, 1.54) is 25.9 Å². The second-order valence-electron chi connectivity index (χ2n) is 5.12. The van der Waals surface area contributed by atoms with Gasteiger partial charge in [-0.1, -0.05) is 6.92 Å². The summed E-state index contributed by atoms with van der Waals surface area (Å²) in [7, 11) is 0. The molecule has 1 aromatic rings. The number of halogens is 1. The van der Waals surface area contributed by atoms with Crippen LogP contribution in [0.25, 0.3) is 0 Å². The standard InChI is InChI=1S/C13H21ClN4/c1-10-3-6-18(7-4-10)8-5-15-12-11(2)9-16-13(14)17-12/h9-10H,3-8H2,1-2H3,(H,15,16,17). The number of likely N-dealkylation sites (tertiary alicyclic amines) is 1. The van der Waals surface area contributed by atoms with Crippen LogP contribution in [-0.4, -0.2) is 41.0 Å². The van der Waals surface area contributed by atoms with Crippen molar-refractivity contribution in [3.05, 3.63) is 17.0 Å². The summed E-state index contributed by atoms with van der Waals surface area (Å²) in [6, 6.07) is 0. The Morgan fingerprint density at radius 1 is 1.44 bits per heavy atom. The van der Waals surface area contributed by atoms with Crippen molar-refractivity contribution in [3.63, 3.8) is 0 Å². The highest BCUT2D eigenvalue weighted by Crippen LogP contribution is 2.16. The maximum atomic E-state index is 5.79. The molecule has 1 fully saturated rings. The van der Waals surface area contributed by atoms with E-state index in [1.807, 2.05) is 6.92 Å². The molecule has 5 heteroatoms. The average Bonchev–Trinajstić information content (AvgIpc) is 2.36. The molecule has 100 valence electrons. The van der Waals surface area contributed by atoms with E-state index in [-0.39, 0.29) is 0 Å². The van der Waals surface area contributed by atoms with E-state index in [9.17, 15) is 0 Å². The molecule has 0 spiro atoms. The second-order valence-corrected chi connectivity index (χ2v) is 5.46. The van der Waals surface area contributed by atoms with Crippen LogP contribution in [0.5, 0.6) is 0 Å². The highest BCUT2D eigenvalue weighted by molar-refractivity contribution is 6.28. The average molecular weight is 269 g/mol. The Hall–Kier alpha value is -0.870. The van der Waals surface area contributed by atoms with Crippen LogP contribution in [0.1, 0.15) is 25.3 Å². The molecule has 4 nitrogen and oxygen atoms in total. The largest absolute Gasteiger partial charge is 0.368 e. The summed E-state index contributed by atoms with van der Waals surface area (Å²) in [5.74, 6) is 1.73. The number of anilines is 1. The van der Waals surface area contributed by atoms with Gasteiger partial charge < -0.3 is 10.2 Å². The van der Waals surface area contributed by atoms with Gasteiger partial charge in [0.2, 0.25) is 5.28 Å². The molecule has 2 heterocycles. The first-order valence-electron chi connectivity index (χ1n) is 6.60. The van der Waals surface area contributed by atoms with Crippen molar-refractivity contribution < 1.29 is 0 Å². The molecule has 0 unspecified atom stereocenters. The minimum Gasteiger partial charge on any atom is -0.368 e. The predicted octanol–water partition coefficient (Wildman–Crippen LogP) is 2.58. The molecular weight excluding hydrogens is 248 g/mol. The zero-order chi connectivity index (χ0) is 13.0. The molecule has 18 heavy (non-hydrogen) atoms. The van der Waals surface area contributed by atoms with Gasteiger partial charge in [-0.3, -0.25) is 0 Å². The van der Waals surface area contributed by atoms with Gasteiger partial charge in [0.15, 0.2) is 0 Å². The van der Waals surface area contributed by atoms with Crippen LogP contribution in [0, 0.1) is 12.8 Å². The van der Waals surface area contributed by atoms with Crippen LogP contribution in [0.4, 0.5) is 5.82 Å². The van der Waals surface area contributed by atoms with Gasteiger partial charge in [0, 0.05) is 24.8 Å². The van der Waals surface area contributed by atoms with E-state index in [4.69, 9.17) is 11.6 Å². The monoisotopic (exact) mass is 268 g/mol. The van der Waals surface area contributed by atoms with Crippen molar-refractivity contribution in [2.45, 2.75) is 26.7 Å². The smallest absolute Gasteiger partial charge is 0.224 e. The molecule has 1 aliphatic rings. The third kappa shape index (κ3) is 3.82. The first-order valence-corrected chi connectivity index (χ1v) is 6.98. The zero-order valence-corrected chi connectivity index (χ0v) is 11.9. The van der Waals surface area contributed by atoms with E-state index in [0.29, 0.717) is 5.28 Å². The Morgan fingerprint density at radius 3 is 2.89 bits per heavy atom. The molecular formula is C13H21ClN4. The number of aromatic nitrogens is 2. The third-order valence-electron chi connectivity index (χ3n) is 3.54. The number of piperidine rings is 1. The van der Waals surface area contributed by atoms with Gasteiger partial charge in [-0.2, -0.15) is 0 Å². The molecule has 0 atom stereocenters. The summed E-state index contributed by atoms with van der Waals surface area (Å²) in [5, 5.41) is 3.64. The van der Waals surface area contributed by atoms with Crippen LogP contribution in [0.15, 0.2) is 6.20 Å². The lowest BCUT2D eigenvalue weighted by molar-refractivity contribution is 0.199. The molecule has 0 saturated carbocycles. The van der Waals surface area contributed by atoms with Crippen LogP contribution >= 0.6 is 11.6 Å². The quantitative estimate of drug-likeness (QED) is 0.853. The SMILES string of the molecule is Cc1cnc(Cl)nc1NCCN1CCC(C)CC1. The van der Waals surface area contributed by atoms with E-state index >= 15 is 0 Å². The maximum Gasteiger partial charge on any atom is 0.224 e. The summed E-state index contributed by atoms with van der Waals surface area (Å²) < 4.78 is 0. The molecule has 0 amide bonds. The Morgan fingerprint density at radius 2 is 2.17 bits per heavy atom. The minimum absolute atomic E-state index is 0.301. The maximum absolute atomic E-state index is 5.79. The Labute approximate surface area is 114 Å². The summed E-state index contributed by atoms with van der Waals surface area (Å²) in [5.41, 5.74) is 1.03. The van der Waals surface area contributed by atoms with Crippen molar-refractivity contribution in [3.8, 4) is 0 Å². The van der Waals surface area contributed by atoms with Crippen LogP contribution in [0.3, 0.4) is 0 Å². The number of nitrogens with one attached hydrogen (secondary N) is 1. The zero-order valence-electron chi connectivity index (χ0n) is 11.1. The minimum atomic E-state index is 0.301. The van der Waals surface area contributed by atoms with Crippen molar-refractivity contribution in [1.82, 2.24) is 14.9 Å². The van der Waals surface area contributed by atoms with Crippen molar-refractivity contribution >= 4 is 17.4 Å². The highest BCUT2D eigenvalue weighted by atomic mass is 35.5. The predicted molar refractivity (Wildman–Crippen MR) is 75.1 cm³/mol. The Kier molecular flexibility index (Phi) is 4.78. The lowest BCUT2D eigenvalue weighted by atomic mass is 9.99. The first-order chi connectivity index (χ1) is 8.65. The number of hydrogen-bond acceptors (Lipinski definition) is 4. The number of aryl methyl sites for hydroxylation is 1. The number of rotatable bonds is 4. The topological polar surface area (TPSA) is 41.1 Å². The molecule has 0 aromatic carbocycles. The molecule has 0 aliphatic carbocycles. The van der Waals surface area contributed by atoms with Crippen molar-refractivity contribution in [2.24, 2.45) is 5.92 Å². The van der Waals surface area contributed by atoms with Crippen molar-refractivity contribution in [1.29, 1.82) is 0 Å². The fraction of sp³-hybridized carbons (Fsp3) is 0.692. The highest BCUT2D eigenvalue weighted by Gasteiger charge is 2.14. The Bertz CT molecular complexity index is 389. The summed E-state index contributed by atoms with van der Waals surface area (Å²) in [6.07, 6.45) is 4.39. The van der Waals surface area contributed by atoms with Gasteiger partial charge in [-0.15, -0.1) is 0 Å². The van der Waals surface area contributed by atoms with Gasteiger partial charge in [0.05, 0.1) is 0 Å². The normalized spacial score (nSPS) is 17.9. The van der Waals surface area contributed by atoms with E-state index in [2.05, 4.69) is 27.1 Å². The number of nitrogens with zero attached hydrogens (tertiary/aromatic N) is 3. The second kappa shape index (κ2) is 6.34. The van der Waals surface area contributed by atoms with Gasteiger partial charge in [-0.05, 0) is 50.4 Å². The van der Waals surface area contributed by atoms with Crippen molar-refractivity contribution in [2.75, 3.05) is 31.5 Å². The molecule has 1 aliphatic heterocycles. The summed E-state index contributed by atoms with van der Waals surface area (Å²) >= 11 is 5.79. The fourth-order valence-corrected chi connectivity index (χ4v) is 2.35. The first kappa shape index (κ1) is 13.6. The fourth-order valence-electron chi connectivity index (χ4n) is 2.22. The summed E-state index contributed by atoms with van der Waals surface area (Å²) in [4.78, 5) is 10.6. The lowest BCUT2D eigenvalue weighted by Gasteiger charge is -2.30. The third-order valence-corrected chi connectivity index (χ3v) is 3.72. The van der Waals surface area contributed by atoms with Gasteiger partial charge in [0.25, 0.3) is 0 Å². The molecule has 2 rings (SSSR count).